The van der Waals surface area contributed by atoms with E-state index >= 15 is 0 Å². The number of hydrogen-bond acceptors (Lipinski definition) is 6. The zero-order valence-electron chi connectivity index (χ0n) is 17.4. The first-order valence-electron chi connectivity index (χ1n) is 9.76. The third-order valence-corrected chi connectivity index (χ3v) is 6.68. The summed E-state index contributed by atoms with van der Waals surface area (Å²) in [5.41, 5.74) is 1.40. The summed E-state index contributed by atoms with van der Waals surface area (Å²) in [6, 6.07) is 16.1. The summed E-state index contributed by atoms with van der Waals surface area (Å²) < 4.78 is 39.8. The van der Waals surface area contributed by atoms with Crippen LogP contribution < -0.4 is 24.4 Å². The number of benzene rings is 3. The Balaban J connectivity index is 0.00000272. The fourth-order valence-electron chi connectivity index (χ4n) is 3.75. The lowest BCUT2D eigenvalue weighted by Gasteiger charge is -2.30. The van der Waals surface area contributed by atoms with Crippen molar-refractivity contribution in [2.24, 2.45) is 0 Å². The molecule has 9 heteroatoms. The van der Waals surface area contributed by atoms with Gasteiger partial charge in [-0.3, -0.25) is 4.72 Å². The van der Waals surface area contributed by atoms with Crippen LogP contribution in [-0.4, -0.2) is 48.8 Å². The van der Waals surface area contributed by atoms with Gasteiger partial charge in [0, 0.05) is 48.7 Å². The molecule has 1 saturated heterocycles. The number of fused-ring (bicyclic) bond motifs is 1. The topological polar surface area (TPSA) is 79.9 Å². The van der Waals surface area contributed by atoms with Crippen LogP contribution in [0.25, 0.3) is 10.8 Å². The number of nitrogens with zero attached hydrogens (tertiary/aromatic N) is 1. The van der Waals surface area contributed by atoms with Crippen LogP contribution in [-0.2, 0) is 10.0 Å². The first-order chi connectivity index (χ1) is 14.5. The maximum Gasteiger partial charge on any atom is 0.262 e. The van der Waals surface area contributed by atoms with E-state index < -0.39 is 10.0 Å². The van der Waals surface area contributed by atoms with Crippen LogP contribution in [0.5, 0.6) is 11.5 Å². The Hall–Kier alpha value is -2.68. The Morgan fingerprint density at radius 2 is 1.65 bits per heavy atom. The van der Waals surface area contributed by atoms with Crippen LogP contribution in [0.1, 0.15) is 0 Å². The largest absolute Gasteiger partial charge is 0.497 e. The van der Waals surface area contributed by atoms with Gasteiger partial charge < -0.3 is 19.7 Å². The number of sulfonamides is 1. The average Bonchev–Trinajstić information content (AvgIpc) is 2.79. The van der Waals surface area contributed by atoms with Gasteiger partial charge in [0.25, 0.3) is 10.0 Å². The minimum Gasteiger partial charge on any atom is -0.497 e. The predicted molar refractivity (Wildman–Crippen MR) is 127 cm³/mol. The van der Waals surface area contributed by atoms with Gasteiger partial charge in [-0.25, -0.2) is 8.42 Å². The molecule has 0 bridgehead atoms. The van der Waals surface area contributed by atoms with Gasteiger partial charge in [0.2, 0.25) is 0 Å². The summed E-state index contributed by atoms with van der Waals surface area (Å²) in [7, 11) is -0.805. The van der Waals surface area contributed by atoms with Gasteiger partial charge in [0.05, 0.1) is 24.8 Å². The van der Waals surface area contributed by atoms with Crippen molar-refractivity contribution in [3.8, 4) is 11.5 Å². The number of methoxy groups -OCH3 is 2. The zero-order chi connectivity index (χ0) is 21.1. The van der Waals surface area contributed by atoms with Crippen LogP contribution >= 0.6 is 12.4 Å². The minimum absolute atomic E-state index is 0. The highest BCUT2D eigenvalue weighted by molar-refractivity contribution is 7.93. The van der Waals surface area contributed by atoms with E-state index in [0.29, 0.717) is 22.6 Å². The molecule has 31 heavy (non-hydrogen) atoms. The molecule has 0 saturated carbocycles. The highest BCUT2D eigenvalue weighted by Crippen LogP contribution is 2.35. The number of anilines is 2. The van der Waals surface area contributed by atoms with Crippen molar-refractivity contribution in [2.45, 2.75) is 4.90 Å². The standard InChI is InChI=1S/C22H25N3O4S.ClH/c1-28-16-7-8-19(21(15-16)29-2)24-30(26,27)22-10-9-20(25-13-11-23-12-14-25)17-5-3-4-6-18(17)22;/h3-10,15,23-24H,11-14H2,1-2H3;1H. The molecule has 0 spiro atoms. The lowest BCUT2D eigenvalue weighted by atomic mass is 10.1. The molecule has 1 heterocycles. The SMILES string of the molecule is COc1ccc(NS(=O)(=O)c2ccc(N3CCNCC3)c3ccccc23)c(OC)c1.Cl. The molecule has 0 unspecified atom stereocenters. The van der Waals surface area contributed by atoms with Crippen molar-refractivity contribution in [1.82, 2.24) is 5.32 Å². The van der Waals surface area contributed by atoms with Gasteiger partial charge in [0.1, 0.15) is 11.5 Å². The number of nitrogens with one attached hydrogen (secondary N) is 2. The van der Waals surface area contributed by atoms with Crippen LogP contribution in [0.2, 0.25) is 0 Å². The normalized spacial score (nSPS) is 14.1. The number of ether oxygens (including phenoxy) is 2. The molecule has 2 N–H and O–H groups in total. The van der Waals surface area contributed by atoms with E-state index in [1.165, 1.54) is 7.11 Å². The van der Waals surface area contributed by atoms with Crippen LogP contribution in [0.15, 0.2) is 59.5 Å². The van der Waals surface area contributed by atoms with Gasteiger partial charge >= 0.3 is 0 Å². The molecule has 7 nitrogen and oxygen atoms in total. The molecule has 0 radical (unpaired) electrons. The highest BCUT2D eigenvalue weighted by Gasteiger charge is 2.22. The quantitative estimate of drug-likeness (QED) is 0.582. The lowest BCUT2D eigenvalue weighted by Crippen LogP contribution is -2.43. The van der Waals surface area contributed by atoms with E-state index in [1.54, 1.807) is 31.4 Å². The second-order valence-electron chi connectivity index (χ2n) is 7.04. The fourth-order valence-corrected chi connectivity index (χ4v) is 5.04. The Kier molecular flexibility index (Phi) is 7.15. The van der Waals surface area contributed by atoms with E-state index in [9.17, 15) is 8.42 Å². The molecule has 3 aromatic carbocycles. The van der Waals surface area contributed by atoms with Crippen LogP contribution in [0.3, 0.4) is 0 Å². The Labute approximate surface area is 188 Å². The smallest absolute Gasteiger partial charge is 0.262 e. The fraction of sp³-hybridized carbons (Fsp3) is 0.273. The average molecular weight is 464 g/mol. The highest BCUT2D eigenvalue weighted by atomic mass is 35.5. The Morgan fingerprint density at radius 1 is 0.935 bits per heavy atom. The van der Waals surface area contributed by atoms with Crippen molar-refractivity contribution in [2.75, 3.05) is 50.0 Å². The molecule has 0 aliphatic carbocycles. The molecule has 0 atom stereocenters. The zero-order valence-corrected chi connectivity index (χ0v) is 19.1. The van der Waals surface area contributed by atoms with Gasteiger partial charge in [-0.15, -0.1) is 12.4 Å². The summed E-state index contributed by atoms with van der Waals surface area (Å²) in [6.07, 6.45) is 0. The summed E-state index contributed by atoms with van der Waals surface area (Å²) in [5.74, 6) is 0.972. The van der Waals surface area contributed by atoms with E-state index in [-0.39, 0.29) is 17.3 Å². The molecule has 1 aliphatic rings. The number of hydrogen-bond donors (Lipinski definition) is 2. The summed E-state index contributed by atoms with van der Waals surface area (Å²) >= 11 is 0. The Bertz CT molecular complexity index is 1160. The molecule has 4 rings (SSSR count). The maximum absolute atomic E-state index is 13.3. The van der Waals surface area contributed by atoms with Crippen molar-refractivity contribution >= 4 is 44.6 Å². The van der Waals surface area contributed by atoms with E-state index in [2.05, 4.69) is 14.9 Å². The lowest BCUT2D eigenvalue weighted by molar-refractivity contribution is 0.395. The van der Waals surface area contributed by atoms with E-state index in [4.69, 9.17) is 9.47 Å². The molecule has 166 valence electrons. The molecule has 1 aliphatic heterocycles. The van der Waals surface area contributed by atoms with Crippen molar-refractivity contribution in [1.29, 1.82) is 0 Å². The maximum atomic E-state index is 13.3. The van der Waals surface area contributed by atoms with E-state index in [1.807, 2.05) is 30.3 Å². The number of piperazine rings is 1. The molecule has 0 aromatic heterocycles. The first kappa shape index (κ1) is 23.0. The predicted octanol–water partition coefficient (Wildman–Crippen LogP) is 3.49. The van der Waals surface area contributed by atoms with Gasteiger partial charge in [-0.05, 0) is 24.3 Å². The summed E-state index contributed by atoms with van der Waals surface area (Å²) in [6.45, 7) is 3.59. The first-order valence-corrected chi connectivity index (χ1v) is 11.2. The molecular weight excluding hydrogens is 438 g/mol. The molecule has 3 aromatic rings. The van der Waals surface area contributed by atoms with Crippen LogP contribution in [0.4, 0.5) is 11.4 Å². The third-order valence-electron chi connectivity index (χ3n) is 5.26. The monoisotopic (exact) mass is 463 g/mol. The van der Waals surface area contributed by atoms with Crippen molar-refractivity contribution < 1.29 is 17.9 Å². The Morgan fingerprint density at radius 3 is 2.32 bits per heavy atom. The van der Waals surface area contributed by atoms with Gasteiger partial charge in [0.15, 0.2) is 0 Å². The van der Waals surface area contributed by atoms with E-state index in [0.717, 1.165) is 37.3 Å². The van der Waals surface area contributed by atoms with Gasteiger partial charge in [-0.2, -0.15) is 0 Å². The van der Waals surface area contributed by atoms with Gasteiger partial charge in [-0.1, -0.05) is 24.3 Å². The molecule has 0 amide bonds. The molecule has 1 fully saturated rings. The summed E-state index contributed by atoms with van der Waals surface area (Å²) in [5, 5.41) is 4.95. The summed E-state index contributed by atoms with van der Waals surface area (Å²) in [4.78, 5) is 2.52. The van der Waals surface area contributed by atoms with Crippen LogP contribution in [0, 0.1) is 0 Å². The second kappa shape index (κ2) is 9.64. The second-order valence-corrected chi connectivity index (χ2v) is 8.69. The number of halogens is 1. The molecular formula is C22H26ClN3O4S. The van der Waals surface area contributed by atoms with Crippen molar-refractivity contribution in [3.63, 3.8) is 0 Å². The number of rotatable bonds is 6. The minimum atomic E-state index is -3.84. The third kappa shape index (κ3) is 4.66. The van der Waals surface area contributed by atoms with Crippen molar-refractivity contribution in [3.05, 3.63) is 54.6 Å².